The van der Waals surface area contributed by atoms with Crippen LogP contribution in [-0.2, 0) is 0 Å². The molecule has 0 aliphatic heterocycles. The van der Waals surface area contributed by atoms with Crippen molar-refractivity contribution < 1.29 is 9.84 Å². The van der Waals surface area contributed by atoms with Gasteiger partial charge in [-0.15, -0.1) is 0 Å². The van der Waals surface area contributed by atoms with Crippen LogP contribution < -0.4 is 16.2 Å². The highest BCUT2D eigenvalue weighted by Gasteiger charge is 2.12. The first-order chi connectivity index (χ1) is 7.39. The molecule has 0 saturated heterocycles. The summed E-state index contributed by atoms with van der Waals surface area (Å²) >= 11 is 0. The van der Waals surface area contributed by atoms with Crippen molar-refractivity contribution in [3.05, 3.63) is 29.8 Å². The lowest BCUT2D eigenvalue weighted by atomic mass is 10.2. The zero-order valence-corrected chi connectivity index (χ0v) is 11.6. The van der Waals surface area contributed by atoms with Gasteiger partial charge in [0.25, 0.3) is 0 Å². The van der Waals surface area contributed by atoms with Gasteiger partial charge < -0.3 is 21.3 Å². The van der Waals surface area contributed by atoms with Crippen molar-refractivity contribution in [1.82, 2.24) is 11.5 Å². The number of hydrogen-bond donors (Lipinski definition) is 3. The third-order valence-electron chi connectivity index (χ3n) is 1.58. The Morgan fingerprint density at radius 2 is 1.82 bits per heavy atom. The van der Waals surface area contributed by atoms with E-state index in [4.69, 9.17) is 4.74 Å². The van der Waals surface area contributed by atoms with Crippen LogP contribution in [0.5, 0.6) is 5.75 Å². The number of ether oxygens (including phenoxy) is 1. The van der Waals surface area contributed by atoms with Crippen LogP contribution >= 0.6 is 0 Å². The number of rotatable bonds is 3. The maximum atomic E-state index is 9.42. The second kappa shape index (κ2) is 8.98. The van der Waals surface area contributed by atoms with Crippen LogP contribution in [0.2, 0.25) is 0 Å². The van der Waals surface area contributed by atoms with Crippen molar-refractivity contribution in [3.8, 4) is 5.75 Å². The molecule has 17 heavy (non-hydrogen) atoms. The van der Waals surface area contributed by atoms with E-state index in [1.807, 2.05) is 45.3 Å². The normalized spacial score (nSPS) is 9.76. The first kappa shape index (κ1) is 18.3. The molecule has 0 heterocycles. The van der Waals surface area contributed by atoms with E-state index in [0.717, 1.165) is 11.3 Å². The molecule has 0 fully saturated rings. The summed E-state index contributed by atoms with van der Waals surface area (Å²) in [4.78, 5) is 0. The lowest BCUT2D eigenvalue weighted by Crippen LogP contribution is -2.27. The van der Waals surface area contributed by atoms with E-state index in [0.29, 0.717) is 6.61 Å². The van der Waals surface area contributed by atoms with Gasteiger partial charge in [-0.2, -0.15) is 0 Å². The molecule has 0 unspecified atom stereocenters. The van der Waals surface area contributed by atoms with Crippen molar-refractivity contribution in [2.75, 3.05) is 20.7 Å². The van der Waals surface area contributed by atoms with Crippen molar-refractivity contribution in [3.63, 3.8) is 0 Å². The highest BCUT2D eigenvalue weighted by molar-refractivity contribution is 5.27. The summed E-state index contributed by atoms with van der Waals surface area (Å²) in [6, 6.07) is 7.79. The summed E-state index contributed by atoms with van der Waals surface area (Å²) in [5, 5.41) is 12.2. The molecule has 1 aromatic carbocycles. The molecule has 0 aromatic heterocycles. The predicted octanol–water partition coefficient (Wildman–Crippen LogP) is 2.14. The molecular formula is C13H26N2O2. The van der Waals surface area contributed by atoms with Crippen molar-refractivity contribution in [2.24, 2.45) is 0 Å². The minimum absolute atomic E-state index is 0. The Morgan fingerprint density at radius 3 is 2.24 bits per heavy atom. The number of aliphatic hydroxyl groups is 1. The second-order valence-electron chi connectivity index (χ2n) is 4.42. The molecule has 0 aliphatic carbocycles. The fourth-order valence-electron chi connectivity index (χ4n) is 0.965. The molecule has 4 heteroatoms. The molecule has 0 atom stereocenters. The molecule has 100 valence electrons. The summed E-state index contributed by atoms with van der Waals surface area (Å²) in [6.45, 7) is 5.78. The van der Waals surface area contributed by atoms with Crippen LogP contribution in [0, 0.1) is 6.92 Å². The molecule has 1 aromatic rings. The quantitative estimate of drug-likeness (QED) is 0.759. The highest BCUT2D eigenvalue weighted by atomic mass is 16.5. The summed E-state index contributed by atoms with van der Waals surface area (Å²) in [7, 11) is 3.75. The largest absolute Gasteiger partial charge is 0.491 e. The smallest absolute Gasteiger partial charge is 0.119 e. The Bertz CT molecular complexity index is 296. The monoisotopic (exact) mass is 242 g/mol. The van der Waals surface area contributed by atoms with Gasteiger partial charge in [-0.3, -0.25) is 0 Å². The van der Waals surface area contributed by atoms with Crippen molar-refractivity contribution >= 4 is 0 Å². The Morgan fingerprint density at radius 1 is 1.29 bits per heavy atom. The number of benzene rings is 1. The average molecular weight is 242 g/mol. The third-order valence-corrected chi connectivity index (χ3v) is 1.58. The predicted molar refractivity (Wildman–Crippen MR) is 73.0 cm³/mol. The van der Waals surface area contributed by atoms with Crippen LogP contribution in [0.25, 0.3) is 0 Å². The number of nitrogens with one attached hydrogen (secondary N) is 1. The lowest BCUT2D eigenvalue weighted by molar-refractivity contribution is 0.0284. The molecular weight excluding hydrogens is 216 g/mol. The molecule has 0 amide bonds. The zero-order chi connectivity index (χ0) is 12.6. The summed E-state index contributed by atoms with van der Waals surface area (Å²) in [5.41, 5.74) is 0.386. The SMILES string of the molecule is CNC.Cc1cccc(OCC(C)(C)O)c1.N. The van der Waals surface area contributed by atoms with Gasteiger partial charge in [0.1, 0.15) is 12.4 Å². The van der Waals surface area contributed by atoms with Crippen LogP contribution in [0.15, 0.2) is 24.3 Å². The average Bonchev–Trinajstić information content (AvgIpc) is 2.15. The zero-order valence-electron chi connectivity index (χ0n) is 11.6. The van der Waals surface area contributed by atoms with E-state index >= 15 is 0 Å². The molecule has 5 N–H and O–H groups in total. The second-order valence-corrected chi connectivity index (χ2v) is 4.42. The maximum Gasteiger partial charge on any atom is 0.119 e. The minimum Gasteiger partial charge on any atom is -0.491 e. The van der Waals surface area contributed by atoms with E-state index in [1.54, 1.807) is 13.8 Å². The minimum atomic E-state index is -0.774. The molecule has 0 bridgehead atoms. The lowest BCUT2D eigenvalue weighted by Gasteiger charge is -2.17. The van der Waals surface area contributed by atoms with Crippen LogP contribution in [0.1, 0.15) is 19.4 Å². The van der Waals surface area contributed by atoms with E-state index < -0.39 is 5.60 Å². The summed E-state index contributed by atoms with van der Waals surface area (Å²) in [5.74, 6) is 0.808. The van der Waals surface area contributed by atoms with Gasteiger partial charge in [-0.05, 0) is 52.6 Å². The van der Waals surface area contributed by atoms with E-state index in [2.05, 4.69) is 5.32 Å². The first-order valence-corrected chi connectivity index (χ1v) is 5.39. The molecule has 0 radical (unpaired) electrons. The standard InChI is InChI=1S/C11H16O2.C2H7N.H3N/c1-9-5-4-6-10(7-9)13-8-11(2,3)12;1-3-2;/h4-7,12H,8H2,1-3H3;3H,1-2H3;1H3. The van der Waals surface area contributed by atoms with Gasteiger partial charge in [0.15, 0.2) is 0 Å². The molecule has 0 spiro atoms. The summed E-state index contributed by atoms with van der Waals surface area (Å²) in [6.07, 6.45) is 0. The van der Waals surface area contributed by atoms with Gasteiger partial charge in [0, 0.05) is 0 Å². The van der Waals surface area contributed by atoms with Crippen LogP contribution in [0.4, 0.5) is 0 Å². The Balaban J connectivity index is 0. The van der Waals surface area contributed by atoms with Crippen LogP contribution in [-0.4, -0.2) is 31.4 Å². The van der Waals surface area contributed by atoms with Gasteiger partial charge in [-0.1, -0.05) is 12.1 Å². The van der Waals surface area contributed by atoms with Crippen molar-refractivity contribution in [2.45, 2.75) is 26.4 Å². The van der Waals surface area contributed by atoms with Crippen LogP contribution in [0.3, 0.4) is 0 Å². The fraction of sp³-hybridized carbons (Fsp3) is 0.538. The third kappa shape index (κ3) is 11.2. The number of aryl methyl sites for hydroxylation is 1. The van der Waals surface area contributed by atoms with Gasteiger partial charge in [0.2, 0.25) is 0 Å². The Kier molecular flexibility index (Phi) is 9.66. The van der Waals surface area contributed by atoms with Gasteiger partial charge in [-0.25, -0.2) is 0 Å². The summed E-state index contributed by atoms with van der Waals surface area (Å²) < 4.78 is 5.40. The Hall–Kier alpha value is -1.10. The highest BCUT2D eigenvalue weighted by Crippen LogP contribution is 2.14. The molecule has 0 saturated carbocycles. The van der Waals surface area contributed by atoms with E-state index in [-0.39, 0.29) is 6.15 Å². The molecule has 1 rings (SSSR count). The molecule has 0 aliphatic rings. The van der Waals surface area contributed by atoms with Gasteiger partial charge >= 0.3 is 0 Å². The number of hydrogen-bond acceptors (Lipinski definition) is 4. The van der Waals surface area contributed by atoms with E-state index in [9.17, 15) is 5.11 Å². The molecule has 4 nitrogen and oxygen atoms in total. The first-order valence-electron chi connectivity index (χ1n) is 5.39. The topological polar surface area (TPSA) is 76.5 Å². The fourth-order valence-corrected chi connectivity index (χ4v) is 0.965. The van der Waals surface area contributed by atoms with Crippen molar-refractivity contribution in [1.29, 1.82) is 0 Å². The van der Waals surface area contributed by atoms with Gasteiger partial charge in [0.05, 0.1) is 5.60 Å². The maximum absolute atomic E-state index is 9.42. The van der Waals surface area contributed by atoms with E-state index in [1.165, 1.54) is 0 Å². The Labute approximate surface area is 105 Å².